The summed E-state index contributed by atoms with van der Waals surface area (Å²) in [6.45, 7) is 1.99. The van der Waals surface area contributed by atoms with Crippen molar-refractivity contribution in [3.05, 3.63) is 59.7 Å². The van der Waals surface area contributed by atoms with Crippen LogP contribution in [0.3, 0.4) is 0 Å². The summed E-state index contributed by atoms with van der Waals surface area (Å²) in [5, 5.41) is 9.80. The van der Waals surface area contributed by atoms with Crippen LogP contribution in [0.4, 0.5) is 13.2 Å². The van der Waals surface area contributed by atoms with Crippen LogP contribution < -0.4 is 0 Å². The molecule has 1 aliphatic rings. The van der Waals surface area contributed by atoms with Crippen LogP contribution in [0.25, 0.3) is 0 Å². The van der Waals surface area contributed by atoms with E-state index in [0.717, 1.165) is 18.9 Å². The maximum absolute atomic E-state index is 13.1. The van der Waals surface area contributed by atoms with E-state index >= 15 is 0 Å². The van der Waals surface area contributed by atoms with Crippen LogP contribution in [-0.2, 0) is 17.4 Å². The number of allylic oxidation sites excluding steroid dienone is 3. The van der Waals surface area contributed by atoms with Crippen molar-refractivity contribution in [2.75, 3.05) is 0 Å². The predicted octanol–water partition coefficient (Wildman–Crippen LogP) is 5.64. The summed E-state index contributed by atoms with van der Waals surface area (Å²) in [5.41, 5.74) is -1.45. The molecule has 0 saturated heterocycles. The van der Waals surface area contributed by atoms with Crippen molar-refractivity contribution in [2.45, 2.75) is 45.2 Å². The van der Waals surface area contributed by atoms with E-state index in [0.29, 0.717) is 12.8 Å². The van der Waals surface area contributed by atoms with Crippen molar-refractivity contribution in [1.29, 1.82) is 0 Å². The maximum atomic E-state index is 13.1. The van der Waals surface area contributed by atoms with E-state index in [2.05, 4.69) is 0 Å². The third-order valence-corrected chi connectivity index (χ3v) is 4.90. The van der Waals surface area contributed by atoms with Gasteiger partial charge >= 0.3 is 12.1 Å². The summed E-state index contributed by atoms with van der Waals surface area (Å²) in [6, 6.07) is 5.51. The first-order valence-electron chi connectivity index (χ1n) is 8.56. The molecule has 1 aromatic rings. The molecule has 0 saturated carbocycles. The fourth-order valence-corrected chi connectivity index (χ4v) is 3.48. The minimum atomic E-state index is -4.40. The summed E-state index contributed by atoms with van der Waals surface area (Å²) < 4.78 is 39.4. The molecule has 2 nitrogen and oxygen atoms in total. The molecular weight excluding hydrogens is 329 g/mol. The molecule has 0 bridgehead atoms. The second-order valence-electron chi connectivity index (χ2n) is 6.49. The molecule has 0 heterocycles. The van der Waals surface area contributed by atoms with E-state index in [9.17, 15) is 23.1 Å². The number of benzene rings is 1. The number of alkyl halides is 3. The largest absolute Gasteiger partial charge is 0.481 e. The molecule has 25 heavy (non-hydrogen) atoms. The Balaban J connectivity index is 2.22. The summed E-state index contributed by atoms with van der Waals surface area (Å²) >= 11 is 0. The number of carboxylic acids is 1. The first-order valence-corrected chi connectivity index (χ1v) is 8.56. The first-order chi connectivity index (χ1) is 11.8. The van der Waals surface area contributed by atoms with Crippen molar-refractivity contribution in [3.63, 3.8) is 0 Å². The Kier molecular flexibility index (Phi) is 6.09. The number of rotatable bonds is 7. The summed E-state index contributed by atoms with van der Waals surface area (Å²) in [7, 11) is 0. The van der Waals surface area contributed by atoms with Gasteiger partial charge in [0.15, 0.2) is 0 Å². The van der Waals surface area contributed by atoms with Gasteiger partial charge in [-0.25, -0.2) is 0 Å². The van der Waals surface area contributed by atoms with Gasteiger partial charge in [0.2, 0.25) is 0 Å². The zero-order chi connectivity index (χ0) is 18.5. The van der Waals surface area contributed by atoms with Crippen molar-refractivity contribution in [1.82, 2.24) is 0 Å². The standard InChI is InChI=1S/C20H23F3O2/c1-2-3-13-19(18(24)25)14-7-6-9-16(19)12-11-15-8-4-5-10-17(15)20(21,22)23/h4-10,14,16H,2-3,11-13H2,1H3,(H,24,25). The van der Waals surface area contributed by atoms with Gasteiger partial charge in [0, 0.05) is 0 Å². The molecule has 0 radical (unpaired) electrons. The Hall–Kier alpha value is -2.04. The van der Waals surface area contributed by atoms with Gasteiger partial charge in [0.1, 0.15) is 0 Å². The molecule has 0 aromatic heterocycles. The lowest BCUT2D eigenvalue weighted by atomic mass is 9.67. The van der Waals surface area contributed by atoms with Crippen molar-refractivity contribution in [3.8, 4) is 0 Å². The average molecular weight is 352 g/mol. The lowest BCUT2D eigenvalue weighted by Crippen LogP contribution is -2.37. The number of aryl methyl sites for hydroxylation is 1. The fraction of sp³-hybridized carbons (Fsp3) is 0.450. The summed E-state index contributed by atoms with van der Waals surface area (Å²) in [6.07, 6.45) is 5.32. The Labute approximate surface area is 146 Å². The molecule has 0 fully saturated rings. The number of hydrogen-bond donors (Lipinski definition) is 1. The van der Waals surface area contributed by atoms with Gasteiger partial charge in [-0.3, -0.25) is 4.79 Å². The van der Waals surface area contributed by atoms with E-state index < -0.39 is 23.1 Å². The molecular formula is C20H23F3O2. The van der Waals surface area contributed by atoms with Gasteiger partial charge in [-0.2, -0.15) is 13.2 Å². The van der Waals surface area contributed by atoms with E-state index in [-0.39, 0.29) is 17.9 Å². The van der Waals surface area contributed by atoms with Gasteiger partial charge in [0.05, 0.1) is 11.0 Å². The second-order valence-corrected chi connectivity index (χ2v) is 6.49. The number of carbonyl (C=O) groups is 1. The number of hydrogen-bond acceptors (Lipinski definition) is 1. The van der Waals surface area contributed by atoms with Gasteiger partial charge in [0.25, 0.3) is 0 Å². The van der Waals surface area contributed by atoms with E-state index in [1.165, 1.54) is 12.1 Å². The number of aliphatic carboxylic acids is 1. The van der Waals surface area contributed by atoms with Crippen molar-refractivity contribution in [2.24, 2.45) is 11.3 Å². The minimum Gasteiger partial charge on any atom is -0.481 e. The molecule has 2 atom stereocenters. The van der Waals surface area contributed by atoms with Crippen molar-refractivity contribution < 1.29 is 23.1 Å². The molecule has 1 aliphatic carbocycles. The lowest BCUT2D eigenvalue weighted by molar-refractivity contribution is -0.149. The van der Waals surface area contributed by atoms with Crippen LogP contribution >= 0.6 is 0 Å². The van der Waals surface area contributed by atoms with Crippen LogP contribution in [0, 0.1) is 11.3 Å². The monoisotopic (exact) mass is 352 g/mol. The van der Waals surface area contributed by atoms with Crippen LogP contribution in [0.1, 0.15) is 43.7 Å². The highest BCUT2D eigenvalue weighted by Crippen LogP contribution is 2.42. The van der Waals surface area contributed by atoms with Gasteiger partial charge in [-0.1, -0.05) is 62.3 Å². The number of unbranched alkanes of at least 4 members (excludes halogenated alkanes) is 1. The summed E-state index contributed by atoms with van der Waals surface area (Å²) in [4.78, 5) is 12.0. The highest BCUT2D eigenvalue weighted by Gasteiger charge is 2.43. The third-order valence-electron chi connectivity index (χ3n) is 4.90. The van der Waals surface area contributed by atoms with Gasteiger partial charge in [-0.15, -0.1) is 0 Å². The highest BCUT2D eigenvalue weighted by molar-refractivity contribution is 5.78. The Morgan fingerprint density at radius 1 is 1.24 bits per heavy atom. The topological polar surface area (TPSA) is 37.3 Å². The smallest absolute Gasteiger partial charge is 0.416 e. The van der Waals surface area contributed by atoms with Crippen LogP contribution in [0.2, 0.25) is 0 Å². The van der Waals surface area contributed by atoms with Crippen LogP contribution in [0.15, 0.2) is 48.6 Å². The van der Waals surface area contributed by atoms with Crippen molar-refractivity contribution >= 4 is 5.97 Å². The van der Waals surface area contributed by atoms with E-state index in [1.54, 1.807) is 24.3 Å². The predicted molar refractivity (Wildman–Crippen MR) is 91.1 cm³/mol. The fourth-order valence-electron chi connectivity index (χ4n) is 3.48. The first kappa shape index (κ1) is 19.3. The molecule has 1 aromatic carbocycles. The second kappa shape index (κ2) is 7.89. The van der Waals surface area contributed by atoms with Gasteiger partial charge in [-0.05, 0) is 36.8 Å². The normalized spacial score (nSPS) is 23.0. The minimum absolute atomic E-state index is 0.194. The third kappa shape index (κ3) is 4.33. The van der Waals surface area contributed by atoms with E-state index in [1.807, 2.05) is 13.0 Å². The Morgan fingerprint density at radius 3 is 2.60 bits per heavy atom. The van der Waals surface area contributed by atoms with Crippen LogP contribution in [0.5, 0.6) is 0 Å². The Bertz CT molecular complexity index is 661. The molecule has 1 N–H and O–H groups in total. The number of carboxylic acid groups (broad SMARTS) is 1. The van der Waals surface area contributed by atoms with Crippen LogP contribution in [-0.4, -0.2) is 11.1 Å². The molecule has 2 unspecified atom stereocenters. The SMILES string of the molecule is CCCCC1(C(=O)O)C=CC=CC1CCc1ccccc1C(F)(F)F. The number of halogens is 3. The van der Waals surface area contributed by atoms with E-state index in [4.69, 9.17) is 0 Å². The molecule has 136 valence electrons. The Morgan fingerprint density at radius 2 is 1.96 bits per heavy atom. The molecule has 0 aliphatic heterocycles. The zero-order valence-corrected chi connectivity index (χ0v) is 14.2. The molecule has 0 spiro atoms. The zero-order valence-electron chi connectivity index (χ0n) is 14.2. The average Bonchev–Trinajstić information content (AvgIpc) is 2.58. The highest BCUT2D eigenvalue weighted by atomic mass is 19.4. The lowest BCUT2D eigenvalue weighted by Gasteiger charge is -2.35. The maximum Gasteiger partial charge on any atom is 0.416 e. The molecule has 5 heteroatoms. The molecule has 0 amide bonds. The summed E-state index contributed by atoms with van der Waals surface area (Å²) in [5.74, 6) is -1.22. The quantitative estimate of drug-likeness (QED) is 0.689. The molecule has 2 rings (SSSR count). The van der Waals surface area contributed by atoms with Gasteiger partial charge < -0.3 is 5.11 Å².